The van der Waals surface area contributed by atoms with Crippen molar-refractivity contribution in [2.24, 2.45) is 5.92 Å². The number of pyridine rings is 2. The number of hydrogen-bond acceptors (Lipinski definition) is 6. The zero-order valence-corrected chi connectivity index (χ0v) is 18.6. The van der Waals surface area contributed by atoms with E-state index in [4.69, 9.17) is 5.26 Å². The number of hydrogen-bond donors (Lipinski definition) is 3. The van der Waals surface area contributed by atoms with E-state index in [0.717, 1.165) is 5.39 Å². The molecule has 3 N–H and O–H groups in total. The summed E-state index contributed by atoms with van der Waals surface area (Å²) >= 11 is 0. The Labute approximate surface area is 191 Å². The Morgan fingerprint density at radius 1 is 1.18 bits per heavy atom. The summed E-state index contributed by atoms with van der Waals surface area (Å²) in [6, 6.07) is 7.59. The average Bonchev–Trinajstić information content (AvgIpc) is 3.22. The monoisotopic (exact) mass is 446 g/mol. The predicted molar refractivity (Wildman–Crippen MR) is 123 cm³/mol. The van der Waals surface area contributed by atoms with Crippen molar-refractivity contribution in [1.82, 2.24) is 19.9 Å². The van der Waals surface area contributed by atoms with Crippen LogP contribution < -0.4 is 10.6 Å². The van der Waals surface area contributed by atoms with Gasteiger partial charge in [0.05, 0.1) is 22.7 Å². The van der Waals surface area contributed by atoms with Gasteiger partial charge in [0, 0.05) is 42.1 Å². The molecule has 1 saturated carbocycles. The lowest BCUT2D eigenvalue weighted by Gasteiger charge is -2.27. The summed E-state index contributed by atoms with van der Waals surface area (Å²) in [6.07, 6.45) is 7.33. The second-order valence-electron chi connectivity index (χ2n) is 8.68. The third-order valence-electron chi connectivity index (χ3n) is 5.89. The summed E-state index contributed by atoms with van der Waals surface area (Å²) in [4.78, 5) is 33.1. The molecule has 3 aromatic heterocycles. The summed E-state index contributed by atoms with van der Waals surface area (Å²) in [5.74, 6) is -0.723. The largest absolute Gasteiger partial charge is 0.481 e. The number of aromatic nitrogens is 3. The highest BCUT2D eigenvalue weighted by Gasteiger charge is 2.27. The molecule has 4 rings (SSSR count). The van der Waals surface area contributed by atoms with E-state index < -0.39 is 5.97 Å². The zero-order chi connectivity index (χ0) is 23.5. The summed E-state index contributed by atoms with van der Waals surface area (Å²) < 4.78 is 1.82. The van der Waals surface area contributed by atoms with Gasteiger partial charge in [0.1, 0.15) is 17.5 Å². The average molecular weight is 447 g/mol. The first-order valence-corrected chi connectivity index (χ1v) is 11.0. The minimum atomic E-state index is -0.765. The van der Waals surface area contributed by atoms with Crippen LogP contribution in [0.3, 0.4) is 0 Å². The number of carboxylic acids is 1. The van der Waals surface area contributed by atoms with Gasteiger partial charge in [-0.1, -0.05) is 0 Å². The molecule has 1 aliphatic carbocycles. The molecule has 0 aromatic carbocycles. The van der Waals surface area contributed by atoms with Crippen LogP contribution in [0.1, 0.15) is 55.5 Å². The van der Waals surface area contributed by atoms with Gasteiger partial charge in [0.2, 0.25) is 0 Å². The minimum Gasteiger partial charge on any atom is -0.481 e. The van der Waals surface area contributed by atoms with Gasteiger partial charge in [0.15, 0.2) is 0 Å². The number of amides is 1. The Morgan fingerprint density at radius 3 is 2.61 bits per heavy atom. The molecule has 3 aromatic rings. The van der Waals surface area contributed by atoms with Gasteiger partial charge in [-0.25, -0.2) is 9.97 Å². The molecule has 0 aliphatic heterocycles. The smallest absolute Gasteiger partial charge is 0.306 e. The van der Waals surface area contributed by atoms with Crippen LogP contribution in [0.2, 0.25) is 0 Å². The SMILES string of the molecule is CC(C)Nc1cc(-n2ccc3cc(C#N)cnc32)ncc1C(=O)N[C@H]1CC[C@H](C(=O)O)CC1. The molecule has 9 nitrogen and oxygen atoms in total. The number of nitriles is 1. The van der Waals surface area contributed by atoms with Crippen LogP contribution in [0.15, 0.2) is 36.8 Å². The van der Waals surface area contributed by atoms with Gasteiger partial charge in [-0.05, 0) is 51.7 Å². The maximum atomic E-state index is 13.1. The van der Waals surface area contributed by atoms with Crippen LogP contribution in [0.5, 0.6) is 0 Å². The molecular formula is C24H26N6O3. The Hall–Kier alpha value is -3.93. The number of carbonyl (C=O) groups excluding carboxylic acids is 1. The quantitative estimate of drug-likeness (QED) is 0.528. The first-order chi connectivity index (χ1) is 15.9. The third-order valence-corrected chi connectivity index (χ3v) is 5.89. The van der Waals surface area contributed by atoms with Crippen LogP contribution >= 0.6 is 0 Å². The van der Waals surface area contributed by atoms with Crippen molar-refractivity contribution < 1.29 is 14.7 Å². The molecule has 0 saturated heterocycles. The van der Waals surface area contributed by atoms with Crippen molar-refractivity contribution in [3.63, 3.8) is 0 Å². The summed E-state index contributed by atoms with van der Waals surface area (Å²) in [5, 5.41) is 25.5. The number of rotatable bonds is 6. The topological polar surface area (TPSA) is 133 Å². The number of carbonyl (C=O) groups is 2. The first kappa shape index (κ1) is 22.3. The van der Waals surface area contributed by atoms with E-state index in [9.17, 15) is 14.7 Å². The molecule has 1 fully saturated rings. The number of carboxylic acid groups (broad SMARTS) is 1. The fraction of sp³-hybridized carbons (Fsp3) is 0.375. The van der Waals surface area contributed by atoms with Gasteiger partial charge < -0.3 is 15.7 Å². The highest BCUT2D eigenvalue weighted by Crippen LogP contribution is 2.26. The minimum absolute atomic E-state index is 0.0494. The number of nitrogens with one attached hydrogen (secondary N) is 2. The molecule has 170 valence electrons. The van der Waals surface area contributed by atoms with Crippen molar-refractivity contribution in [1.29, 1.82) is 5.26 Å². The Morgan fingerprint density at radius 2 is 1.94 bits per heavy atom. The maximum Gasteiger partial charge on any atom is 0.306 e. The van der Waals surface area contributed by atoms with E-state index in [2.05, 4.69) is 26.7 Å². The van der Waals surface area contributed by atoms with Crippen LogP contribution in [-0.4, -0.2) is 43.6 Å². The summed E-state index contributed by atoms with van der Waals surface area (Å²) in [7, 11) is 0. The lowest BCUT2D eigenvalue weighted by molar-refractivity contribution is -0.142. The fourth-order valence-electron chi connectivity index (χ4n) is 4.21. The predicted octanol–water partition coefficient (Wildman–Crippen LogP) is 3.49. The number of aliphatic carboxylic acids is 1. The molecular weight excluding hydrogens is 420 g/mol. The van der Waals surface area contributed by atoms with E-state index >= 15 is 0 Å². The highest BCUT2D eigenvalue weighted by atomic mass is 16.4. The normalized spacial score (nSPS) is 18.1. The third kappa shape index (κ3) is 4.80. The molecule has 1 amide bonds. The molecule has 1 aliphatic rings. The van der Waals surface area contributed by atoms with Gasteiger partial charge in [0.25, 0.3) is 5.91 Å². The van der Waals surface area contributed by atoms with Crippen LogP contribution in [-0.2, 0) is 4.79 Å². The summed E-state index contributed by atoms with van der Waals surface area (Å²) in [5.41, 5.74) is 2.25. The van der Waals surface area contributed by atoms with E-state index in [0.29, 0.717) is 54.0 Å². The Balaban J connectivity index is 1.59. The van der Waals surface area contributed by atoms with Crippen LogP contribution in [0.25, 0.3) is 16.9 Å². The van der Waals surface area contributed by atoms with Crippen molar-refractivity contribution >= 4 is 28.6 Å². The number of anilines is 1. The Kier molecular flexibility index (Phi) is 6.27. The molecule has 0 radical (unpaired) electrons. The number of fused-ring (bicyclic) bond motifs is 1. The maximum absolute atomic E-state index is 13.1. The van der Waals surface area contributed by atoms with Gasteiger partial charge in [-0.2, -0.15) is 5.26 Å². The summed E-state index contributed by atoms with van der Waals surface area (Å²) in [6.45, 7) is 3.98. The van der Waals surface area contributed by atoms with Crippen molar-refractivity contribution in [2.75, 3.05) is 5.32 Å². The number of nitrogens with zero attached hydrogens (tertiary/aromatic N) is 4. The second kappa shape index (κ2) is 9.28. The molecule has 0 bridgehead atoms. The standard InChI is InChI=1S/C24H26N6O3/c1-14(2)28-20-10-21(30-8-7-17-9-15(11-25)12-27-22(17)30)26-13-19(20)23(31)29-18-5-3-16(4-6-18)24(32)33/h7-10,12-14,16,18H,3-6H2,1-2H3,(H,26,28)(H,29,31)(H,32,33)/t16-,18-. The lowest BCUT2D eigenvalue weighted by atomic mass is 9.86. The molecule has 33 heavy (non-hydrogen) atoms. The van der Waals surface area contributed by atoms with Crippen LogP contribution in [0, 0.1) is 17.2 Å². The molecule has 0 unspecified atom stereocenters. The van der Waals surface area contributed by atoms with Crippen molar-refractivity contribution in [3.05, 3.63) is 47.9 Å². The van der Waals surface area contributed by atoms with Crippen molar-refractivity contribution in [2.45, 2.75) is 51.6 Å². The molecule has 0 atom stereocenters. The molecule has 0 spiro atoms. The van der Waals surface area contributed by atoms with E-state index in [1.807, 2.05) is 36.7 Å². The van der Waals surface area contributed by atoms with Crippen molar-refractivity contribution in [3.8, 4) is 11.9 Å². The molecule has 9 heteroatoms. The first-order valence-electron chi connectivity index (χ1n) is 11.0. The zero-order valence-electron chi connectivity index (χ0n) is 18.6. The van der Waals surface area contributed by atoms with Crippen LogP contribution in [0.4, 0.5) is 5.69 Å². The van der Waals surface area contributed by atoms with E-state index in [1.54, 1.807) is 12.3 Å². The van der Waals surface area contributed by atoms with Gasteiger partial charge in [-0.3, -0.25) is 14.2 Å². The Bertz CT molecular complexity index is 1230. The molecule has 3 heterocycles. The van der Waals surface area contributed by atoms with E-state index in [-0.39, 0.29) is 23.9 Å². The lowest BCUT2D eigenvalue weighted by Crippen LogP contribution is -2.39. The fourth-order valence-corrected chi connectivity index (χ4v) is 4.21. The highest BCUT2D eigenvalue weighted by molar-refractivity contribution is 6.00. The van der Waals surface area contributed by atoms with Gasteiger partial charge >= 0.3 is 5.97 Å². The van der Waals surface area contributed by atoms with E-state index in [1.165, 1.54) is 6.20 Å². The second-order valence-corrected chi connectivity index (χ2v) is 8.68. The van der Waals surface area contributed by atoms with Gasteiger partial charge in [-0.15, -0.1) is 0 Å².